The van der Waals surface area contributed by atoms with Gasteiger partial charge >= 0.3 is 0 Å². The molecule has 1 amide bonds. The zero-order valence-electron chi connectivity index (χ0n) is 16.1. The van der Waals surface area contributed by atoms with Crippen molar-refractivity contribution in [2.24, 2.45) is 0 Å². The Kier molecular flexibility index (Phi) is 6.32. The van der Waals surface area contributed by atoms with Gasteiger partial charge in [0.05, 0.1) is 13.2 Å². The van der Waals surface area contributed by atoms with Crippen LogP contribution >= 0.6 is 15.9 Å². The molecule has 0 N–H and O–H groups in total. The van der Waals surface area contributed by atoms with E-state index in [4.69, 9.17) is 9.26 Å². The standard InChI is InChI=1S/C20H26BrN3O3/c1-20(2,3)19-22-17(27-23-19)5-4-6-18(25)24-11-12-26-16(13-24)14-7-9-15(21)10-8-14/h7-10,16H,4-6,11-13H2,1-3H3. The first kappa shape index (κ1) is 20.0. The Morgan fingerprint density at radius 3 is 2.70 bits per heavy atom. The Bertz CT molecular complexity index is 768. The lowest BCUT2D eigenvalue weighted by Crippen LogP contribution is -2.42. The first-order valence-electron chi connectivity index (χ1n) is 9.31. The zero-order chi connectivity index (χ0) is 19.4. The molecule has 6 nitrogen and oxygen atoms in total. The number of halogens is 1. The second-order valence-corrected chi connectivity index (χ2v) is 8.78. The van der Waals surface area contributed by atoms with Crippen molar-refractivity contribution in [2.45, 2.75) is 51.6 Å². The molecule has 2 heterocycles. The molecule has 2 aromatic rings. The summed E-state index contributed by atoms with van der Waals surface area (Å²) in [6.45, 7) is 7.93. The lowest BCUT2D eigenvalue weighted by atomic mass is 9.96. The number of hydrogen-bond donors (Lipinski definition) is 0. The van der Waals surface area contributed by atoms with Crippen LogP contribution < -0.4 is 0 Å². The second-order valence-electron chi connectivity index (χ2n) is 7.87. The van der Waals surface area contributed by atoms with Crippen molar-refractivity contribution in [3.05, 3.63) is 46.0 Å². The molecule has 0 aliphatic carbocycles. The van der Waals surface area contributed by atoms with E-state index in [0.717, 1.165) is 10.0 Å². The first-order valence-corrected chi connectivity index (χ1v) is 10.1. The van der Waals surface area contributed by atoms with Crippen LogP contribution in [0.3, 0.4) is 0 Å². The van der Waals surface area contributed by atoms with Gasteiger partial charge in [0, 0.05) is 29.3 Å². The van der Waals surface area contributed by atoms with Crippen molar-refractivity contribution < 1.29 is 14.1 Å². The summed E-state index contributed by atoms with van der Waals surface area (Å²) >= 11 is 3.44. The lowest BCUT2D eigenvalue weighted by Gasteiger charge is -2.33. The van der Waals surface area contributed by atoms with Gasteiger partial charge in [-0.1, -0.05) is 54.0 Å². The molecule has 0 bridgehead atoms. The number of aromatic nitrogens is 2. The molecule has 1 atom stereocenters. The molecule has 27 heavy (non-hydrogen) atoms. The summed E-state index contributed by atoms with van der Waals surface area (Å²) in [4.78, 5) is 18.9. The predicted molar refractivity (Wildman–Crippen MR) is 105 cm³/mol. The van der Waals surface area contributed by atoms with E-state index >= 15 is 0 Å². The minimum Gasteiger partial charge on any atom is -0.370 e. The largest absolute Gasteiger partial charge is 0.370 e. The van der Waals surface area contributed by atoms with Crippen LogP contribution in [0.5, 0.6) is 0 Å². The van der Waals surface area contributed by atoms with Crippen LogP contribution in [0.1, 0.15) is 57.0 Å². The maximum absolute atomic E-state index is 12.6. The number of hydrogen-bond acceptors (Lipinski definition) is 5. The van der Waals surface area contributed by atoms with Gasteiger partial charge in [-0.25, -0.2) is 0 Å². The minimum absolute atomic E-state index is 0.0684. The normalized spacial score (nSPS) is 17.9. The molecule has 0 spiro atoms. The molecule has 1 unspecified atom stereocenters. The Morgan fingerprint density at radius 2 is 2.04 bits per heavy atom. The molecule has 1 aromatic carbocycles. The van der Waals surface area contributed by atoms with Gasteiger partial charge in [0.1, 0.15) is 6.10 Å². The summed E-state index contributed by atoms with van der Waals surface area (Å²) in [6.07, 6.45) is 1.72. The number of amides is 1. The van der Waals surface area contributed by atoms with Crippen molar-refractivity contribution in [1.82, 2.24) is 15.0 Å². The number of morpholine rings is 1. The number of benzene rings is 1. The van der Waals surface area contributed by atoms with Gasteiger partial charge in [-0.15, -0.1) is 0 Å². The van der Waals surface area contributed by atoms with Gasteiger partial charge < -0.3 is 14.2 Å². The minimum atomic E-state index is -0.132. The number of carbonyl (C=O) groups excluding carboxylic acids is 1. The number of ether oxygens (including phenoxy) is 1. The number of rotatable bonds is 5. The number of aryl methyl sites for hydroxylation is 1. The Balaban J connectivity index is 1.49. The molecule has 0 saturated carbocycles. The van der Waals surface area contributed by atoms with Crippen LogP contribution in [0.15, 0.2) is 33.3 Å². The van der Waals surface area contributed by atoms with Crippen molar-refractivity contribution in [1.29, 1.82) is 0 Å². The van der Waals surface area contributed by atoms with Crippen molar-refractivity contribution in [2.75, 3.05) is 19.7 Å². The van der Waals surface area contributed by atoms with E-state index in [2.05, 4.69) is 26.1 Å². The summed E-state index contributed by atoms with van der Waals surface area (Å²) in [5.41, 5.74) is 0.962. The van der Waals surface area contributed by atoms with Crippen LogP contribution in [0.2, 0.25) is 0 Å². The van der Waals surface area contributed by atoms with Gasteiger partial charge in [-0.3, -0.25) is 4.79 Å². The first-order chi connectivity index (χ1) is 12.8. The highest BCUT2D eigenvalue weighted by Crippen LogP contribution is 2.24. The van der Waals surface area contributed by atoms with E-state index in [0.29, 0.717) is 50.7 Å². The van der Waals surface area contributed by atoms with Gasteiger partial charge in [0.15, 0.2) is 5.82 Å². The third kappa shape index (κ3) is 5.39. The second kappa shape index (κ2) is 8.52. The molecule has 146 valence electrons. The van der Waals surface area contributed by atoms with Gasteiger partial charge in [-0.2, -0.15) is 4.98 Å². The SMILES string of the molecule is CC(C)(C)c1noc(CCCC(=O)N2CCOC(c3ccc(Br)cc3)C2)n1. The maximum Gasteiger partial charge on any atom is 0.226 e. The highest BCUT2D eigenvalue weighted by atomic mass is 79.9. The van der Waals surface area contributed by atoms with E-state index in [1.54, 1.807) is 0 Å². The molecule has 0 radical (unpaired) electrons. The fourth-order valence-electron chi connectivity index (χ4n) is 2.96. The fraction of sp³-hybridized carbons (Fsp3) is 0.550. The Hall–Kier alpha value is -1.73. The summed E-state index contributed by atoms with van der Waals surface area (Å²) in [5.74, 6) is 1.45. The van der Waals surface area contributed by atoms with Crippen LogP contribution in [0.25, 0.3) is 0 Å². The molecule has 3 rings (SSSR count). The van der Waals surface area contributed by atoms with Crippen molar-refractivity contribution in [3.63, 3.8) is 0 Å². The van der Waals surface area contributed by atoms with Gasteiger partial charge in [-0.05, 0) is 24.1 Å². The van der Waals surface area contributed by atoms with Crippen LogP contribution in [-0.2, 0) is 21.4 Å². The lowest BCUT2D eigenvalue weighted by molar-refractivity contribution is -0.139. The van der Waals surface area contributed by atoms with E-state index in [-0.39, 0.29) is 17.4 Å². The molecule has 1 saturated heterocycles. The molecule has 1 aliphatic rings. The van der Waals surface area contributed by atoms with Crippen LogP contribution in [0.4, 0.5) is 0 Å². The highest BCUT2D eigenvalue weighted by Gasteiger charge is 2.25. The molecular weight excluding hydrogens is 410 g/mol. The van der Waals surface area contributed by atoms with Gasteiger partial charge in [0.25, 0.3) is 0 Å². The molecule has 1 aliphatic heterocycles. The topological polar surface area (TPSA) is 68.5 Å². The molecular formula is C20H26BrN3O3. The maximum atomic E-state index is 12.6. The molecule has 1 aromatic heterocycles. The van der Waals surface area contributed by atoms with Crippen LogP contribution in [-0.4, -0.2) is 40.6 Å². The average Bonchev–Trinajstić information content (AvgIpc) is 3.12. The van der Waals surface area contributed by atoms with E-state index in [1.807, 2.05) is 49.9 Å². The summed E-state index contributed by atoms with van der Waals surface area (Å²) < 4.78 is 12.2. The Labute approximate surface area is 168 Å². The average molecular weight is 436 g/mol. The monoisotopic (exact) mass is 435 g/mol. The van der Waals surface area contributed by atoms with E-state index < -0.39 is 0 Å². The van der Waals surface area contributed by atoms with E-state index in [1.165, 1.54) is 0 Å². The zero-order valence-corrected chi connectivity index (χ0v) is 17.7. The molecule has 1 fully saturated rings. The summed E-state index contributed by atoms with van der Waals surface area (Å²) in [5, 5.41) is 4.02. The third-order valence-corrected chi connectivity index (χ3v) is 5.11. The fourth-order valence-corrected chi connectivity index (χ4v) is 3.23. The van der Waals surface area contributed by atoms with E-state index in [9.17, 15) is 4.79 Å². The van der Waals surface area contributed by atoms with Crippen LogP contribution in [0, 0.1) is 0 Å². The highest BCUT2D eigenvalue weighted by molar-refractivity contribution is 9.10. The predicted octanol–water partition coefficient (Wildman–Crippen LogP) is 4.05. The van der Waals surface area contributed by atoms with Crippen molar-refractivity contribution >= 4 is 21.8 Å². The summed E-state index contributed by atoms with van der Waals surface area (Å²) in [6, 6.07) is 8.06. The third-order valence-electron chi connectivity index (χ3n) is 4.58. The molecule has 7 heteroatoms. The summed E-state index contributed by atoms with van der Waals surface area (Å²) in [7, 11) is 0. The Morgan fingerprint density at radius 1 is 1.30 bits per heavy atom. The smallest absolute Gasteiger partial charge is 0.226 e. The van der Waals surface area contributed by atoms with Crippen molar-refractivity contribution in [3.8, 4) is 0 Å². The number of nitrogens with zero attached hydrogens (tertiary/aromatic N) is 3. The quantitative estimate of drug-likeness (QED) is 0.708. The number of carbonyl (C=O) groups is 1. The van der Waals surface area contributed by atoms with Gasteiger partial charge in [0.2, 0.25) is 11.8 Å².